The van der Waals surface area contributed by atoms with Crippen molar-refractivity contribution < 1.29 is 29.3 Å². The van der Waals surface area contributed by atoms with E-state index in [9.17, 15) is 4.79 Å². The van der Waals surface area contributed by atoms with E-state index in [-0.39, 0.29) is 11.8 Å². The molecule has 8 nitrogen and oxygen atoms in total. The predicted octanol–water partition coefficient (Wildman–Crippen LogP) is 4.26. The van der Waals surface area contributed by atoms with Crippen molar-refractivity contribution in [2.75, 3.05) is 13.1 Å². The van der Waals surface area contributed by atoms with Gasteiger partial charge in [-0.25, -0.2) is 9.59 Å². The van der Waals surface area contributed by atoms with Crippen LogP contribution in [0.25, 0.3) is 0 Å². The Kier molecular flexibility index (Phi) is 10.9. The number of piperidine rings is 1. The molecule has 200 valence electrons. The summed E-state index contributed by atoms with van der Waals surface area (Å²) in [5.74, 6) is -2.46. The Labute approximate surface area is 222 Å². The molecular formula is C30H34N2O6. The molecule has 1 aliphatic rings. The Hall–Kier alpha value is -4.17. The number of benzene rings is 3. The molecule has 0 radical (unpaired) electrons. The number of carbonyl (C=O) groups is 3. The zero-order valence-corrected chi connectivity index (χ0v) is 21.5. The van der Waals surface area contributed by atoms with E-state index >= 15 is 0 Å². The predicted molar refractivity (Wildman–Crippen MR) is 144 cm³/mol. The average Bonchev–Trinajstić information content (AvgIpc) is 2.93. The lowest BCUT2D eigenvalue weighted by molar-refractivity contribution is -0.159. The van der Waals surface area contributed by atoms with Crippen LogP contribution in [0.5, 0.6) is 5.75 Å². The molecule has 1 saturated heterocycles. The van der Waals surface area contributed by atoms with E-state index < -0.39 is 11.9 Å². The first-order valence-electron chi connectivity index (χ1n) is 12.6. The maximum absolute atomic E-state index is 12.6. The lowest BCUT2D eigenvalue weighted by Crippen LogP contribution is -2.40. The summed E-state index contributed by atoms with van der Waals surface area (Å²) >= 11 is 0. The van der Waals surface area contributed by atoms with Gasteiger partial charge in [0.25, 0.3) is 0 Å². The third kappa shape index (κ3) is 9.71. The van der Waals surface area contributed by atoms with Crippen molar-refractivity contribution >= 4 is 17.8 Å². The van der Waals surface area contributed by atoms with Gasteiger partial charge in [0.1, 0.15) is 12.4 Å². The van der Waals surface area contributed by atoms with Crippen molar-refractivity contribution in [3.05, 3.63) is 101 Å². The first kappa shape index (κ1) is 28.4. The maximum Gasteiger partial charge on any atom is 0.414 e. The monoisotopic (exact) mass is 518 g/mol. The van der Waals surface area contributed by atoms with Gasteiger partial charge in [0.05, 0.1) is 0 Å². The number of hydrogen-bond donors (Lipinski definition) is 3. The molecular weight excluding hydrogens is 484 g/mol. The van der Waals surface area contributed by atoms with Crippen molar-refractivity contribution in [3.8, 4) is 5.75 Å². The van der Waals surface area contributed by atoms with Crippen molar-refractivity contribution in [1.82, 2.24) is 10.2 Å². The van der Waals surface area contributed by atoms with Gasteiger partial charge in [-0.1, -0.05) is 72.3 Å². The van der Waals surface area contributed by atoms with E-state index in [1.165, 1.54) is 16.7 Å². The van der Waals surface area contributed by atoms with Crippen LogP contribution in [0.1, 0.15) is 35.1 Å². The van der Waals surface area contributed by atoms with Crippen molar-refractivity contribution in [3.63, 3.8) is 0 Å². The summed E-state index contributed by atoms with van der Waals surface area (Å²) in [6.07, 6.45) is 1.83. The van der Waals surface area contributed by atoms with Crippen LogP contribution in [0.3, 0.4) is 0 Å². The molecule has 0 saturated carbocycles. The van der Waals surface area contributed by atoms with Crippen LogP contribution in [0, 0.1) is 12.8 Å². The molecule has 0 atom stereocenters. The van der Waals surface area contributed by atoms with Gasteiger partial charge >= 0.3 is 11.9 Å². The summed E-state index contributed by atoms with van der Waals surface area (Å²) in [5, 5.41) is 17.9. The number of likely N-dealkylation sites (tertiary alicyclic amines) is 1. The van der Waals surface area contributed by atoms with Crippen LogP contribution in [0.2, 0.25) is 0 Å². The van der Waals surface area contributed by atoms with Gasteiger partial charge < -0.3 is 20.3 Å². The fraction of sp³-hybridized carbons (Fsp3) is 0.300. The van der Waals surface area contributed by atoms with E-state index in [0.717, 1.165) is 43.8 Å². The second kappa shape index (κ2) is 14.5. The highest BCUT2D eigenvalue weighted by Crippen LogP contribution is 2.21. The van der Waals surface area contributed by atoms with Gasteiger partial charge in [-0.2, -0.15) is 0 Å². The number of aliphatic carboxylic acids is 2. The number of carboxylic acid groups (broad SMARTS) is 2. The highest BCUT2D eigenvalue weighted by Gasteiger charge is 2.24. The first-order chi connectivity index (χ1) is 18.3. The lowest BCUT2D eigenvalue weighted by Gasteiger charge is -2.31. The Morgan fingerprint density at radius 1 is 0.816 bits per heavy atom. The molecule has 1 amide bonds. The number of carboxylic acids is 2. The largest absolute Gasteiger partial charge is 0.489 e. The molecule has 4 rings (SSSR count). The van der Waals surface area contributed by atoms with Crippen molar-refractivity contribution in [2.45, 2.75) is 39.5 Å². The summed E-state index contributed by atoms with van der Waals surface area (Å²) in [6, 6.07) is 26.9. The quantitative estimate of drug-likeness (QED) is 0.382. The van der Waals surface area contributed by atoms with Crippen molar-refractivity contribution in [1.29, 1.82) is 0 Å². The molecule has 0 aliphatic carbocycles. The van der Waals surface area contributed by atoms with Crippen molar-refractivity contribution in [2.24, 2.45) is 5.92 Å². The number of rotatable bonds is 8. The van der Waals surface area contributed by atoms with Crippen LogP contribution in [0.4, 0.5) is 0 Å². The second-order valence-corrected chi connectivity index (χ2v) is 9.28. The molecule has 38 heavy (non-hydrogen) atoms. The first-order valence-corrected chi connectivity index (χ1v) is 12.6. The third-order valence-electron chi connectivity index (χ3n) is 6.31. The number of hydrogen-bond acceptors (Lipinski definition) is 5. The van der Waals surface area contributed by atoms with Gasteiger partial charge in [0, 0.05) is 19.0 Å². The molecule has 1 aliphatic heterocycles. The zero-order valence-electron chi connectivity index (χ0n) is 21.5. The summed E-state index contributed by atoms with van der Waals surface area (Å²) in [5.41, 5.74) is 4.83. The molecule has 3 aromatic rings. The minimum Gasteiger partial charge on any atom is -0.489 e. The smallest absolute Gasteiger partial charge is 0.414 e. The van der Waals surface area contributed by atoms with E-state index in [1.54, 1.807) is 0 Å². The lowest BCUT2D eigenvalue weighted by atomic mass is 9.95. The van der Waals surface area contributed by atoms with Gasteiger partial charge in [-0.15, -0.1) is 0 Å². The average molecular weight is 519 g/mol. The molecule has 1 fully saturated rings. The van der Waals surface area contributed by atoms with E-state index in [1.807, 2.05) is 30.3 Å². The Morgan fingerprint density at radius 3 is 1.97 bits per heavy atom. The minimum atomic E-state index is -1.82. The number of nitrogens with one attached hydrogen (secondary N) is 1. The topological polar surface area (TPSA) is 116 Å². The number of amides is 1. The minimum absolute atomic E-state index is 0.116. The normalized spacial score (nSPS) is 13.6. The van der Waals surface area contributed by atoms with Gasteiger partial charge in [-0.05, 0) is 61.7 Å². The molecule has 1 heterocycles. The van der Waals surface area contributed by atoms with E-state index in [0.29, 0.717) is 13.2 Å². The standard InChI is InChI=1S/C28H32N2O2.C2H2O4/c1-22-7-9-23(10-8-22)19-29-28(31)26-15-17-30(18-16-26)20-24-11-13-27(14-12-24)32-21-25-5-3-2-4-6-25;3-1(4)2(5)6/h2-14,26H,15-21H2,1H3,(H,29,31);(H,3,4)(H,5,6). The number of ether oxygens (including phenoxy) is 1. The molecule has 0 spiro atoms. The Bertz CT molecular complexity index is 1160. The fourth-order valence-corrected chi connectivity index (χ4v) is 4.08. The Morgan fingerprint density at radius 2 is 1.39 bits per heavy atom. The third-order valence-corrected chi connectivity index (χ3v) is 6.31. The SMILES string of the molecule is Cc1ccc(CNC(=O)C2CCN(Cc3ccc(OCc4ccccc4)cc3)CC2)cc1.O=C(O)C(=O)O. The fourth-order valence-electron chi connectivity index (χ4n) is 4.08. The summed E-state index contributed by atoms with van der Waals surface area (Å²) in [4.78, 5) is 33.2. The highest BCUT2D eigenvalue weighted by atomic mass is 16.5. The van der Waals surface area contributed by atoms with Crippen LogP contribution in [-0.4, -0.2) is 46.0 Å². The Balaban J connectivity index is 0.000000599. The summed E-state index contributed by atoms with van der Waals surface area (Å²) < 4.78 is 5.88. The highest BCUT2D eigenvalue weighted by molar-refractivity contribution is 6.27. The molecule has 0 aromatic heterocycles. The van der Waals surface area contributed by atoms with Crippen LogP contribution < -0.4 is 10.1 Å². The van der Waals surface area contributed by atoms with Crippen LogP contribution in [-0.2, 0) is 34.1 Å². The molecule has 3 aromatic carbocycles. The van der Waals surface area contributed by atoms with Crippen LogP contribution in [0.15, 0.2) is 78.9 Å². The van der Waals surface area contributed by atoms with Crippen LogP contribution >= 0.6 is 0 Å². The molecule has 3 N–H and O–H groups in total. The van der Waals surface area contributed by atoms with E-state index in [2.05, 4.69) is 65.7 Å². The molecule has 8 heteroatoms. The number of nitrogens with zero attached hydrogens (tertiary/aromatic N) is 1. The maximum atomic E-state index is 12.6. The van der Waals surface area contributed by atoms with Gasteiger partial charge in [-0.3, -0.25) is 9.69 Å². The molecule has 0 unspecified atom stereocenters. The summed E-state index contributed by atoms with van der Waals surface area (Å²) in [7, 11) is 0. The zero-order chi connectivity index (χ0) is 27.3. The van der Waals surface area contributed by atoms with Gasteiger partial charge in [0.15, 0.2) is 0 Å². The number of aryl methyl sites for hydroxylation is 1. The van der Waals surface area contributed by atoms with Gasteiger partial charge in [0.2, 0.25) is 5.91 Å². The van der Waals surface area contributed by atoms with E-state index in [4.69, 9.17) is 24.5 Å². The number of carbonyl (C=O) groups excluding carboxylic acids is 1. The second-order valence-electron chi connectivity index (χ2n) is 9.28. The molecule has 0 bridgehead atoms. The summed E-state index contributed by atoms with van der Waals surface area (Å²) in [6.45, 7) is 6.09.